The Labute approximate surface area is 322 Å². The van der Waals surface area contributed by atoms with Crippen molar-refractivity contribution in [2.75, 3.05) is 20.1 Å². The van der Waals surface area contributed by atoms with Crippen LogP contribution in [-0.2, 0) is 0 Å². The first-order chi connectivity index (χ1) is 26.0. The molecule has 4 heteroatoms. The largest absolute Gasteiger partial charge is 0.388 e. The van der Waals surface area contributed by atoms with Crippen LogP contribution in [0.15, 0.2) is 155 Å². The minimum absolute atomic E-state index is 0.139. The molecule has 6 rings (SSSR count). The first-order valence-electron chi connectivity index (χ1n) is 20.8. The molecule has 0 spiro atoms. The third-order valence-corrected chi connectivity index (χ3v) is 12.1. The van der Waals surface area contributed by atoms with Crippen LogP contribution in [0.4, 0.5) is 0 Å². The van der Waals surface area contributed by atoms with E-state index in [2.05, 4.69) is 139 Å². The molecule has 5 atom stereocenters. The van der Waals surface area contributed by atoms with Crippen LogP contribution in [0.5, 0.6) is 0 Å². The third kappa shape index (κ3) is 9.82. The number of hydrazine groups is 1. The predicted octanol–water partition coefficient (Wildman–Crippen LogP) is 11.2. The predicted molar refractivity (Wildman–Crippen MR) is 228 cm³/mol. The Hall–Kier alpha value is -3.86. The molecule has 1 fully saturated rings. The van der Waals surface area contributed by atoms with Crippen LogP contribution >= 0.6 is 0 Å². The van der Waals surface area contributed by atoms with Crippen molar-refractivity contribution >= 4 is 0 Å². The average Bonchev–Trinajstić information content (AvgIpc) is 3.57. The van der Waals surface area contributed by atoms with Gasteiger partial charge in [-0.05, 0) is 114 Å². The fourth-order valence-electron chi connectivity index (χ4n) is 9.27. The van der Waals surface area contributed by atoms with E-state index in [0.717, 1.165) is 63.6 Å². The van der Waals surface area contributed by atoms with E-state index in [0.29, 0.717) is 23.9 Å². The lowest BCUT2D eigenvalue weighted by Gasteiger charge is -2.36. The summed E-state index contributed by atoms with van der Waals surface area (Å²) in [7, 11) is 2.07. The van der Waals surface area contributed by atoms with Crippen molar-refractivity contribution < 1.29 is 0 Å². The van der Waals surface area contributed by atoms with E-state index in [1.807, 2.05) is 6.08 Å². The zero-order chi connectivity index (χ0) is 37.0. The van der Waals surface area contributed by atoms with Gasteiger partial charge in [-0.1, -0.05) is 128 Å². The van der Waals surface area contributed by atoms with Crippen molar-refractivity contribution in [1.29, 1.82) is 0 Å². The van der Waals surface area contributed by atoms with Gasteiger partial charge < -0.3 is 10.3 Å². The van der Waals surface area contributed by atoms with Gasteiger partial charge in [0.25, 0.3) is 0 Å². The third-order valence-electron chi connectivity index (χ3n) is 12.1. The second-order valence-corrected chi connectivity index (χ2v) is 15.8. The van der Waals surface area contributed by atoms with Gasteiger partial charge in [0.1, 0.15) is 0 Å². The molecule has 5 aliphatic carbocycles. The minimum Gasteiger partial charge on any atom is -0.388 e. The number of hydrogen-bond acceptors (Lipinski definition) is 4. The summed E-state index contributed by atoms with van der Waals surface area (Å²) in [6.45, 7) is 15.3. The number of rotatable bonds is 15. The number of likely N-dealkylation sites (N-methyl/N-ethyl adjacent to an activating group) is 1. The van der Waals surface area contributed by atoms with Crippen LogP contribution in [0, 0.1) is 11.8 Å². The van der Waals surface area contributed by atoms with Crippen LogP contribution in [0.1, 0.15) is 97.3 Å². The second-order valence-electron chi connectivity index (χ2n) is 15.8. The smallest absolute Gasteiger partial charge is 0.0675 e. The van der Waals surface area contributed by atoms with Gasteiger partial charge in [-0.2, -0.15) is 0 Å². The van der Waals surface area contributed by atoms with Gasteiger partial charge in [-0.15, -0.1) is 0 Å². The van der Waals surface area contributed by atoms with E-state index < -0.39 is 0 Å². The Bertz CT molecular complexity index is 1660. The minimum atomic E-state index is 0.139. The highest BCUT2D eigenvalue weighted by atomic mass is 15.5. The standard InChI is InChI=1S/C49H66N4/c1-6-8-12-25-42-36-52(43-26-17-11-18-27-43)48-31-30-41(34-45(42)48)37(3)33-38(4)44-28-19-20-29-49(44)53(32-7-2)51-47(40-23-15-10-16-24-40)35-46(50-5)39-21-13-9-14-22-39/h6,8-9,12-13,17,19,21,23,25-26,28,30-31,33,35,41,43,45,47-48,50-51H,1,4,7,10-11,14-16,18,20,22,24,27,29,32,34,36H2,2-3,5H3/b12-8-,37-33+,42-25+,46-35-. The summed E-state index contributed by atoms with van der Waals surface area (Å²) < 4.78 is 0. The van der Waals surface area contributed by atoms with Crippen molar-refractivity contribution in [2.24, 2.45) is 11.8 Å². The van der Waals surface area contributed by atoms with Gasteiger partial charge in [-0.3, -0.25) is 4.90 Å². The molecule has 0 saturated carbocycles. The van der Waals surface area contributed by atoms with Gasteiger partial charge in [0.2, 0.25) is 0 Å². The molecular formula is C49H66N4. The molecule has 0 amide bonds. The molecule has 5 unspecified atom stereocenters. The summed E-state index contributed by atoms with van der Waals surface area (Å²) in [6.07, 6.45) is 52.3. The van der Waals surface area contributed by atoms with Crippen LogP contribution in [0.2, 0.25) is 0 Å². The molecule has 0 bridgehead atoms. The maximum atomic E-state index is 4.75. The SMILES string of the molecule is C=C/C=C\C=C1/CN(C2C=CCCC2)C2C=CC(/C(C)=C/C(=C)C3=C(N(CCC)NC(/C=C(\NC)C4=CC=CCC4)C4=CCCCC4)CCC=C3)CC12. The molecule has 2 N–H and O–H groups in total. The Kier molecular flexibility index (Phi) is 14.3. The summed E-state index contributed by atoms with van der Waals surface area (Å²) >= 11 is 0. The molecule has 0 aromatic heterocycles. The normalized spacial score (nSPS) is 27.9. The first-order valence-corrected chi connectivity index (χ1v) is 20.8. The highest BCUT2D eigenvalue weighted by Gasteiger charge is 2.41. The molecule has 282 valence electrons. The lowest BCUT2D eigenvalue weighted by atomic mass is 9.77. The zero-order valence-electron chi connectivity index (χ0n) is 33.0. The van der Waals surface area contributed by atoms with E-state index in [4.69, 9.17) is 6.58 Å². The highest BCUT2D eigenvalue weighted by molar-refractivity contribution is 5.50. The zero-order valence-corrected chi connectivity index (χ0v) is 33.0. The molecule has 1 aliphatic heterocycles. The highest BCUT2D eigenvalue weighted by Crippen LogP contribution is 2.43. The van der Waals surface area contributed by atoms with Crippen molar-refractivity contribution in [2.45, 2.75) is 115 Å². The topological polar surface area (TPSA) is 30.5 Å². The summed E-state index contributed by atoms with van der Waals surface area (Å²) in [4.78, 5) is 2.76. The number of hydrogen-bond donors (Lipinski definition) is 2. The van der Waals surface area contributed by atoms with Gasteiger partial charge in [0.15, 0.2) is 0 Å². The van der Waals surface area contributed by atoms with Crippen LogP contribution in [0.3, 0.4) is 0 Å². The average molecular weight is 711 g/mol. The number of nitrogens with one attached hydrogen (secondary N) is 2. The van der Waals surface area contributed by atoms with Gasteiger partial charge >= 0.3 is 0 Å². The van der Waals surface area contributed by atoms with Crippen LogP contribution in [0.25, 0.3) is 0 Å². The van der Waals surface area contributed by atoms with E-state index in [1.54, 1.807) is 5.57 Å². The number of likely N-dealkylation sites (tertiary alicyclic amines) is 1. The maximum Gasteiger partial charge on any atom is 0.0675 e. The van der Waals surface area contributed by atoms with Gasteiger partial charge in [0.05, 0.1) is 6.04 Å². The summed E-state index contributed by atoms with van der Waals surface area (Å²) in [6, 6.07) is 1.15. The number of nitrogens with zero attached hydrogens (tertiary/aromatic N) is 2. The molecule has 0 radical (unpaired) electrons. The Morgan fingerprint density at radius 3 is 2.64 bits per heavy atom. The Morgan fingerprint density at radius 1 is 1.02 bits per heavy atom. The fraction of sp³-hybridized carbons (Fsp3) is 0.469. The van der Waals surface area contributed by atoms with Gasteiger partial charge in [-0.25, -0.2) is 5.43 Å². The second kappa shape index (κ2) is 19.5. The lowest BCUT2D eigenvalue weighted by Crippen LogP contribution is -2.46. The van der Waals surface area contributed by atoms with Crippen molar-refractivity contribution in [1.82, 2.24) is 20.7 Å². The molecule has 1 heterocycles. The van der Waals surface area contributed by atoms with E-state index in [9.17, 15) is 0 Å². The molecule has 6 aliphatic rings. The van der Waals surface area contributed by atoms with E-state index in [-0.39, 0.29) is 6.04 Å². The van der Waals surface area contributed by atoms with Gasteiger partial charge in [0, 0.05) is 55.1 Å². The summed E-state index contributed by atoms with van der Waals surface area (Å²) in [5.74, 6) is 0.932. The maximum absolute atomic E-state index is 4.75. The molecular weight excluding hydrogens is 645 g/mol. The lowest BCUT2D eigenvalue weighted by molar-refractivity contribution is 0.197. The van der Waals surface area contributed by atoms with Crippen LogP contribution < -0.4 is 10.7 Å². The quantitative estimate of drug-likeness (QED) is 0.101. The van der Waals surface area contributed by atoms with Crippen molar-refractivity contribution in [3.8, 4) is 0 Å². The van der Waals surface area contributed by atoms with Crippen LogP contribution in [-0.4, -0.2) is 48.2 Å². The summed E-state index contributed by atoms with van der Waals surface area (Å²) in [5, 5.41) is 6.04. The molecule has 0 aromatic rings. The first kappa shape index (κ1) is 38.9. The number of allylic oxidation sites excluding steroid dienone is 18. The van der Waals surface area contributed by atoms with Crippen molar-refractivity contribution in [3.05, 3.63) is 155 Å². The Morgan fingerprint density at radius 2 is 1.91 bits per heavy atom. The molecule has 53 heavy (non-hydrogen) atoms. The van der Waals surface area contributed by atoms with E-state index in [1.165, 1.54) is 72.2 Å². The fourth-order valence-corrected chi connectivity index (χ4v) is 9.27. The van der Waals surface area contributed by atoms with Crippen molar-refractivity contribution in [3.63, 3.8) is 0 Å². The monoisotopic (exact) mass is 711 g/mol. The molecule has 4 nitrogen and oxygen atoms in total. The summed E-state index contributed by atoms with van der Waals surface area (Å²) in [5.41, 5.74) is 15.0. The number of fused-ring (bicyclic) bond motifs is 1. The Balaban J connectivity index is 1.26. The molecule has 1 saturated heterocycles. The molecule has 0 aromatic carbocycles. The van der Waals surface area contributed by atoms with E-state index >= 15 is 0 Å².